The Morgan fingerprint density at radius 2 is 2.21 bits per heavy atom. The molecule has 0 aromatic carbocycles. The zero-order chi connectivity index (χ0) is 16.8. The van der Waals surface area contributed by atoms with E-state index in [4.69, 9.17) is 0 Å². The number of rotatable bonds is 7. The number of likely N-dealkylation sites (tertiary alicyclic amines) is 1. The van der Waals surface area contributed by atoms with E-state index in [1.807, 2.05) is 0 Å². The van der Waals surface area contributed by atoms with Gasteiger partial charge >= 0.3 is 0 Å². The van der Waals surface area contributed by atoms with Crippen LogP contribution in [0.5, 0.6) is 0 Å². The summed E-state index contributed by atoms with van der Waals surface area (Å²) in [5, 5.41) is 6.46. The molecule has 6 heteroatoms. The summed E-state index contributed by atoms with van der Waals surface area (Å²) in [6.45, 7) is 2.86. The number of thioether (sulfide) groups is 1. The fraction of sp³-hybridized carbons (Fsp3) is 0.778. The second-order valence-corrected chi connectivity index (χ2v) is 8.79. The highest BCUT2D eigenvalue weighted by molar-refractivity contribution is 7.97. The van der Waals surface area contributed by atoms with Gasteiger partial charge in [0.15, 0.2) is 0 Å². The summed E-state index contributed by atoms with van der Waals surface area (Å²) in [4.78, 5) is 19.7. The minimum Gasteiger partial charge on any atom is -0.355 e. The fourth-order valence-corrected chi connectivity index (χ4v) is 5.48. The van der Waals surface area contributed by atoms with E-state index in [9.17, 15) is 4.79 Å². The minimum atomic E-state index is 0.182. The molecule has 1 atom stereocenters. The Morgan fingerprint density at radius 1 is 1.38 bits per heavy atom. The molecule has 2 aliphatic rings. The molecular weight excluding hydrogens is 338 g/mol. The topological polar surface area (TPSA) is 45.2 Å². The number of carbonyl (C=O) groups excluding carboxylic acids is 1. The maximum absolute atomic E-state index is 12.5. The fourth-order valence-electron chi connectivity index (χ4n) is 3.93. The minimum absolute atomic E-state index is 0.182. The highest BCUT2D eigenvalue weighted by Crippen LogP contribution is 2.28. The molecule has 1 amide bonds. The van der Waals surface area contributed by atoms with E-state index in [2.05, 4.69) is 26.8 Å². The number of hydrogen-bond donors (Lipinski definition) is 1. The van der Waals surface area contributed by atoms with E-state index in [0.717, 1.165) is 36.9 Å². The van der Waals surface area contributed by atoms with Crippen molar-refractivity contribution < 1.29 is 4.79 Å². The molecule has 3 rings (SSSR count). The smallest absolute Gasteiger partial charge is 0.224 e. The van der Waals surface area contributed by atoms with Crippen LogP contribution in [0.3, 0.4) is 0 Å². The van der Waals surface area contributed by atoms with Crippen LogP contribution in [0, 0.1) is 5.92 Å². The highest BCUT2D eigenvalue weighted by atomic mass is 32.2. The van der Waals surface area contributed by atoms with Gasteiger partial charge in [0.25, 0.3) is 0 Å². The second-order valence-electron chi connectivity index (χ2n) is 6.98. The summed E-state index contributed by atoms with van der Waals surface area (Å²) < 4.78 is 0. The maximum Gasteiger partial charge on any atom is 0.224 e. The van der Waals surface area contributed by atoms with Crippen LogP contribution in [0.2, 0.25) is 0 Å². The number of thiazole rings is 1. The van der Waals surface area contributed by atoms with E-state index < -0.39 is 0 Å². The van der Waals surface area contributed by atoms with Crippen molar-refractivity contribution in [3.8, 4) is 0 Å². The van der Waals surface area contributed by atoms with Crippen LogP contribution in [-0.4, -0.2) is 47.7 Å². The van der Waals surface area contributed by atoms with Crippen LogP contribution in [0.25, 0.3) is 0 Å². The predicted octanol–water partition coefficient (Wildman–Crippen LogP) is 3.32. The average molecular weight is 368 g/mol. The first kappa shape index (κ1) is 18.2. The number of nitrogens with one attached hydrogen (secondary N) is 1. The van der Waals surface area contributed by atoms with Crippen LogP contribution < -0.4 is 5.32 Å². The van der Waals surface area contributed by atoms with Gasteiger partial charge in [0, 0.05) is 36.7 Å². The van der Waals surface area contributed by atoms with E-state index in [0.29, 0.717) is 6.54 Å². The van der Waals surface area contributed by atoms with Crippen molar-refractivity contribution >= 4 is 29.0 Å². The molecular formula is C18H29N3OS2. The molecule has 0 spiro atoms. The molecule has 1 aliphatic carbocycles. The van der Waals surface area contributed by atoms with Gasteiger partial charge in [-0.25, -0.2) is 4.98 Å². The molecule has 0 radical (unpaired) electrons. The van der Waals surface area contributed by atoms with Gasteiger partial charge in [-0.3, -0.25) is 9.69 Å². The monoisotopic (exact) mass is 367 g/mol. The van der Waals surface area contributed by atoms with Gasteiger partial charge in [0.2, 0.25) is 5.91 Å². The van der Waals surface area contributed by atoms with E-state index in [-0.39, 0.29) is 11.8 Å². The van der Waals surface area contributed by atoms with Gasteiger partial charge in [-0.1, -0.05) is 12.8 Å². The first-order valence-corrected chi connectivity index (χ1v) is 11.5. The lowest BCUT2D eigenvalue weighted by atomic mass is 9.95. The van der Waals surface area contributed by atoms with Crippen LogP contribution in [0.1, 0.15) is 49.2 Å². The molecule has 1 aromatic rings. The first-order valence-electron chi connectivity index (χ1n) is 9.20. The van der Waals surface area contributed by atoms with Crippen molar-refractivity contribution in [1.82, 2.24) is 15.2 Å². The Hall–Kier alpha value is -0.590. The lowest BCUT2D eigenvalue weighted by Gasteiger charge is -2.36. The molecule has 1 N–H and O–H groups in total. The molecule has 134 valence electrons. The quantitative estimate of drug-likeness (QED) is 0.803. The maximum atomic E-state index is 12.5. The molecule has 1 aromatic heterocycles. The Kier molecular flexibility index (Phi) is 6.98. The molecule has 4 nitrogen and oxygen atoms in total. The molecule has 1 saturated carbocycles. The number of hydrogen-bond acceptors (Lipinski definition) is 5. The first-order chi connectivity index (χ1) is 11.8. The standard InChI is InChI=1S/C18H29N3OS2/c1-23-13-17-20-15(12-24-17)8-9-19-18(22)14-5-4-10-21(11-14)16-6-2-3-7-16/h12,14,16H,2-11,13H2,1H3,(H,19,22). The second kappa shape index (κ2) is 9.20. The van der Waals surface area contributed by atoms with Gasteiger partial charge in [-0.05, 0) is 38.5 Å². The number of amides is 1. The third-order valence-electron chi connectivity index (χ3n) is 5.21. The van der Waals surface area contributed by atoms with Gasteiger partial charge in [-0.2, -0.15) is 11.8 Å². The van der Waals surface area contributed by atoms with Gasteiger partial charge in [-0.15, -0.1) is 11.3 Å². The van der Waals surface area contributed by atoms with Gasteiger partial charge < -0.3 is 5.32 Å². The summed E-state index contributed by atoms with van der Waals surface area (Å²) in [6.07, 6.45) is 10.5. The SMILES string of the molecule is CSCc1nc(CCNC(=O)C2CCCN(C3CCCC3)C2)cs1. The lowest BCUT2D eigenvalue weighted by molar-refractivity contribution is -0.127. The van der Waals surface area contributed by atoms with Crippen LogP contribution in [-0.2, 0) is 17.0 Å². The molecule has 1 aliphatic heterocycles. The average Bonchev–Trinajstić information content (AvgIpc) is 3.27. The number of piperidine rings is 1. The van der Waals surface area contributed by atoms with Crippen molar-refractivity contribution in [2.75, 3.05) is 25.9 Å². The van der Waals surface area contributed by atoms with Crippen molar-refractivity contribution in [2.24, 2.45) is 5.92 Å². The molecule has 0 bridgehead atoms. The number of carbonyl (C=O) groups is 1. The zero-order valence-corrected chi connectivity index (χ0v) is 16.3. The molecule has 1 saturated heterocycles. The van der Waals surface area contributed by atoms with Crippen molar-refractivity contribution in [1.29, 1.82) is 0 Å². The lowest BCUT2D eigenvalue weighted by Crippen LogP contribution is -2.46. The Balaban J connectivity index is 1.40. The van der Waals surface area contributed by atoms with Crippen molar-refractivity contribution in [2.45, 2.75) is 56.7 Å². The summed E-state index contributed by atoms with van der Waals surface area (Å²) >= 11 is 3.52. The zero-order valence-electron chi connectivity index (χ0n) is 14.6. The summed E-state index contributed by atoms with van der Waals surface area (Å²) in [5.41, 5.74) is 1.11. The summed E-state index contributed by atoms with van der Waals surface area (Å²) in [7, 11) is 0. The Labute approximate surface area is 153 Å². The van der Waals surface area contributed by atoms with E-state index >= 15 is 0 Å². The molecule has 24 heavy (non-hydrogen) atoms. The van der Waals surface area contributed by atoms with Crippen LogP contribution in [0.4, 0.5) is 0 Å². The molecule has 1 unspecified atom stereocenters. The normalized spacial score (nSPS) is 22.8. The molecule has 2 fully saturated rings. The summed E-state index contributed by atoms with van der Waals surface area (Å²) in [5.74, 6) is 1.41. The van der Waals surface area contributed by atoms with E-state index in [1.165, 1.54) is 43.7 Å². The van der Waals surface area contributed by atoms with E-state index in [1.54, 1.807) is 23.1 Å². The Bertz CT molecular complexity index is 528. The third-order valence-corrected chi connectivity index (χ3v) is 6.85. The summed E-state index contributed by atoms with van der Waals surface area (Å²) in [6, 6.07) is 0.741. The Morgan fingerprint density at radius 3 is 3.00 bits per heavy atom. The largest absolute Gasteiger partial charge is 0.355 e. The number of nitrogens with zero attached hydrogens (tertiary/aromatic N) is 2. The number of aromatic nitrogens is 1. The highest BCUT2D eigenvalue weighted by Gasteiger charge is 2.30. The molecule has 2 heterocycles. The van der Waals surface area contributed by atoms with Crippen LogP contribution >= 0.6 is 23.1 Å². The van der Waals surface area contributed by atoms with Gasteiger partial charge in [0.1, 0.15) is 5.01 Å². The predicted molar refractivity (Wildman–Crippen MR) is 103 cm³/mol. The van der Waals surface area contributed by atoms with Crippen LogP contribution in [0.15, 0.2) is 5.38 Å². The van der Waals surface area contributed by atoms with Gasteiger partial charge in [0.05, 0.1) is 11.6 Å². The third kappa shape index (κ3) is 4.96. The van der Waals surface area contributed by atoms with Crippen molar-refractivity contribution in [3.63, 3.8) is 0 Å². The van der Waals surface area contributed by atoms with Crippen molar-refractivity contribution in [3.05, 3.63) is 16.1 Å².